The van der Waals surface area contributed by atoms with Crippen LogP contribution in [0.1, 0.15) is 25.8 Å². The molecule has 5 N–H and O–H groups in total. The number of rotatable bonds is 5. The molecular formula is C16H24N2O4. The van der Waals surface area contributed by atoms with Crippen molar-refractivity contribution in [2.24, 2.45) is 11.7 Å². The van der Waals surface area contributed by atoms with E-state index in [2.05, 4.69) is 5.32 Å². The lowest BCUT2D eigenvalue weighted by atomic mass is 10.1. The highest BCUT2D eigenvalue weighted by Gasteiger charge is 2.11. The normalized spacial score (nSPS) is 11.7. The van der Waals surface area contributed by atoms with Crippen LogP contribution in [0.3, 0.4) is 0 Å². The van der Waals surface area contributed by atoms with Gasteiger partial charge in [0.1, 0.15) is 11.8 Å². The van der Waals surface area contributed by atoms with Gasteiger partial charge in [0.15, 0.2) is 0 Å². The Bertz CT molecular complexity index is 513. The first kappa shape index (κ1) is 19.7. The Labute approximate surface area is 130 Å². The molecule has 0 spiro atoms. The third-order valence-electron chi connectivity index (χ3n) is 2.64. The first-order valence-corrected chi connectivity index (χ1v) is 6.94. The number of nitrogens with one attached hydrogen (secondary N) is 1. The Morgan fingerprint density at radius 2 is 1.91 bits per heavy atom. The highest BCUT2D eigenvalue weighted by molar-refractivity contribution is 5.91. The summed E-state index contributed by atoms with van der Waals surface area (Å²) < 4.78 is 0. The van der Waals surface area contributed by atoms with Gasteiger partial charge in [0.2, 0.25) is 5.91 Å². The number of likely N-dealkylation sites (N-methyl/N-ethyl adjacent to an activating group) is 1. The number of amides is 1. The van der Waals surface area contributed by atoms with Crippen LogP contribution in [0, 0.1) is 5.92 Å². The Balaban J connectivity index is 0.000000433. The summed E-state index contributed by atoms with van der Waals surface area (Å²) in [5.41, 5.74) is 5.85. The minimum Gasteiger partial charge on any atom is -0.507 e. The predicted octanol–water partition coefficient (Wildman–Crippen LogP) is 1.60. The van der Waals surface area contributed by atoms with Crippen LogP contribution in [0.4, 0.5) is 0 Å². The van der Waals surface area contributed by atoms with Crippen LogP contribution in [0.25, 0.3) is 6.08 Å². The monoisotopic (exact) mass is 308 g/mol. The zero-order valence-electron chi connectivity index (χ0n) is 13.1. The fraction of sp³-hybridized carbons (Fsp3) is 0.375. The lowest BCUT2D eigenvalue weighted by Gasteiger charge is -2.07. The van der Waals surface area contributed by atoms with Gasteiger partial charge in [-0.15, -0.1) is 0 Å². The minimum atomic E-state index is -0.913. The maximum absolute atomic E-state index is 10.8. The summed E-state index contributed by atoms with van der Waals surface area (Å²) in [4.78, 5) is 20.9. The van der Waals surface area contributed by atoms with E-state index in [1.165, 1.54) is 6.08 Å². The second kappa shape index (κ2) is 10.4. The number of para-hydroxylation sites is 1. The average Bonchev–Trinajstić information content (AvgIpc) is 2.46. The SMILES string of the molecule is CC(C)C[C@H](N)C(=O)O.CNC(=O)/C=C\c1ccccc1O. The van der Waals surface area contributed by atoms with Crippen molar-refractivity contribution in [3.8, 4) is 5.75 Å². The van der Waals surface area contributed by atoms with Crippen LogP contribution in [0.5, 0.6) is 5.75 Å². The summed E-state index contributed by atoms with van der Waals surface area (Å²) in [7, 11) is 1.55. The smallest absolute Gasteiger partial charge is 0.320 e. The molecular weight excluding hydrogens is 284 g/mol. The van der Waals surface area contributed by atoms with E-state index < -0.39 is 12.0 Å². The van der Waals surface area contributed by atoms with Crippen molar-refractivity contribution in [1.29, 1.82) is 0 Å². The molecule has 0 aliphatic heterocycles. The third-order valence-corrected chi connectivity index (χ3v) is 2.64. The Morgan fingerprint density at radius 3 is 2.32 bits per heavy atom. The molecule has 6 heteroatoms. The highest BCUT2D eigenvalue weighted by Crippen LogP contribution is 2.16. The van der Waals surface area contributed by atoms with E-state index in [4.69, 9.17) is 10.8 Å². The van der Waals surface area contributed by atoms with Crippen LogP contribution in [-0.4, -0.2) is 35.2 Å². The number of phenolic OH excluding ortho intramolecular Hbond substituents is 1. The van der Waals surface area contributed by atoms with Crippen LogP contribution in [-0.2, 0) is 9.59 Å². The van der Waals surface area contributed by atoms with Crippen molar-refractivity contribution < 1.29 is 19.8 Å². The molecule has 0 unspecified atom stereocenters. The van der Waals surface area contributed by atoms with E-state index in [-0.39, 0.29) is 11.7 Å². The number of aliphatic carboxylic acids is 1. The Kier molecular flexibility index (Phi) is 9.29. The third kappa shape index (κ3) is 8.76. The molecule has 0 heterocycles. The van der Waals surface area contributed by atoms with Crippen molar-refractivity contribution in [3.05, 3.63) is 35.9 Å². The van der Waals surface area contributed by atoms with Crippen LogP contribution < -0.4 is 11.1 Å². The van der Waals surface area contributed by atoms with Crippen molar-refractivity contribution in [1.82, 2.24) is 5.32 Å². The van der Waals surface area contributed by atoms with Gasteiger partial charge in [-0.05, 0) is 24.5 Å². The van der Waals surface area contributed by atoms with E-state index in [9.17, 15) is 14.7 Å². The van der Waals surface area contributed by atoms with Gasteiger partial charge in [-0.25, -0.2) is 0 Å². The minimum absolute atomic E-state index is 0.169. The van der Waals surface area contributed by atoms with Crippen LogP contribution >= 0.6 is 0 Å². The molecule has 22 heavy (non-hydrogen) atoms. The van der Waals surface area contributed by atoms with Crippen molar-refractivity contribution in [2.45, 2.75) is 26.3 Å². The maximum Gasteiger partial charge on any atom is 0.320 e. The Morgan fingerprint density at radius 1 is 1.32 bits per heavy atom. The second-order valence-corrected chi connectivity index (χ2v) is 5.08. The average molecular weight is 308 g/mol. The van der Waals surface area contributed by atoms with Crippen molar-refractivity contribution in [2.75, 3.05) is 7.05 Å². The van der Waals surface area contributed by atoms with E-state index in [0.717, 1.165) is 0 Å². The number of nitrogens with two attached hydrogens (primary N) is 1. The van der Waals surface area contributed by atoms with Gasteiger partial charge in [-0.3, -0.25) is 9.59 Å². The molecule has 0 bridgehead atoms. The van der Waals surface area contributed by atoms with Gasteiger partial charge in [0, 0.05) is 18.7 Å². The summed E-state index contributed by atoms with van der Waals surface area (Å²) in [6.45, 7) is 3.89. The number of hydrogen-bond donors (Lipinski definition) is 4. The highest BCUT2D eigenvalue weighted by atomic mass is 16.4. The van der Waals surface area contributed by atoms with Crippen molar-refractivity contribution in [3.63, 3.8) is 0 Å². The summed E-state index contributed by atoms with van der Waals surface area (Å²) in [5, 5.41) is 20.1. The number of carboxylic acid groups (broad SMARTS) is 1. The number of carboxylic acids is 1. The molecule has 1 aromatic carbocycles. The molecule has 0 radical (unpaired) electrons. The fourth-order valence-electron chi connectivity index (χ4n) is 1.49. The number of hydrogen-bond acceptors (Lipinski definition) is 4. The van der Waals surface area contributed by atoms with E-state index in [1.54, 1.807) is 37.4 Å². The number of carbonyl (C=O) groups excluding carboxylic acids is 1. The van der Waals surface area contributed by atoms with Gasteiger partial charge in [0.05, 0.1) is 0 Å². The predicted molar refractivity (Wildman–Crippen MR) is 86.3 cm³/mol. The summed E-state index contributed by atoms with van der Waals surface area (Å²) in [5.74, 6) is -0.578. The first-order valence-electron chi connectivity index (χ1n) is 6.94. The standard InChI is InChI=1S/C10H11NO2.C6H13NO2/c1-11-10(13)7-6-8-4-2-3-5-9(8)12;1-4(2)3-5(7)6(8)9/h2-7,12H,1H3,(H,11,13);4-5H,3,7H2,1-2H3,(H,8,9)/b7-6-;/t;5-/m.0/s1. The first-order chi connectivity index (χ1) is 10.3. The van der Waals surface area contributed by atoms with E-state index >= 15 is 0 Å². The summed E-state index contributed by atoms with van der Waals surface area (Å²) in [6, 6.07) is 6.14. The van der Waals surface area contributed by atoms with Crippen molar-refractivity contribution >= 4 is 18.0 Å². The molecule has 0 aromatic heterocycles. The molecule has 0 saturated carbocycles. The number of phenols is 1. The van der Waals surface area contributed by atoms with Gasteiger partial charge in [-0.2, -0.15) is 0 Å². The molecule has 6 nitrogen and oxygen atoms in total. The number of benzene rings is 1. The molecule has 1 aromatic rings. The molecule has 122 valence electrons. The molecule has 0 saturated heterocycles. The van der Waals surface area contributed by atoms with Gasteiger partial charge < -0.3 is 21.3 Å². The quantitative estimate of drug-likeness (QED) is 0.617. The van der Waals surface area contributed by atoms with Gasteiger partial charge >= 0.3 is 5.97 Å². The molecule has 1 rings (SSSR count). The topological polar surface area (TPSA) is 113 Å². The lowest BCUT2D eigenvalue weighted by Crippen LogP contribution is -2.31. The van der Waals surface area contributed by atoms with Gasteiger partial charge in [0.25, 0.3) is 0 Å². The van der Waals surface area contributed by atoms with Crippen LogP contribution in [0.15, 0.2) is 30.3 Å². The van der Waals surface area contributed by atoms with E-state index in [1.807, 2.05) is 13.8 Å². The molecule has 0 aliphatic rings. The lowest BCUT2D eigenvalue weighted by molar-refractivity contribution is -0.138. The zero-order chi connectivity index (χ0) is 17.1. The molecule has 1 atom stereocenters. The summed E-state index contributed by atoms with van der Waals surface area (Å²) >= 11 is 0. The zero-order valence-corrected chi connectivity index (χ0v) is 13.1. The summed E-state index contributed by atoms with van der Waals surface area (Å²) in [6.07, 6.45) is 3.48. The molecule has 0 fully saturated rings. The Hall–Kier alpha value is -2.34. The van der Waals surface area contributed by atoms with E-state index in [0.29, 0.717) is 17.9 Å². The molecule has 0 aliphatic carbocycles. The number of aromatic hydroxyl groups is 1. The van der Waals surface area contributed by atoms with Gasteiger partial charge in [-0.1, -0.05) is 32.0 Å². The fourth-order valence-corrected chi connectivity index (χ4v) is 1.49. The number of carbonyl (C=O) groups is 2. The second-order valence-electron chi connectivity index (χ2n) is 5.08. The largest absolute Gasteiger partial charge is 0.507 e. The molecule has 1 amide bonds. The van der Waals surface area contributed by atoms with Crippen LogP contribution in [0.2, 0.25) is 0 Å². The maximum atomic E-state index is 10.8.